The lowest BCUT2D eigenvalue weighted by molar-refractivity contribution is -0.884. The molecule has 1 aromatic carbocycles. The third kappa shape index (κ3) is 3.79. The van der Waals surface area contributed by atoms with Gasteiger partial charge in [0.25, 0.3) is 5.91 Å². The number of quaternary nitrogens is 1. The number of nitrogens with one attached hydrogen (secondary N) is 1. The number of nitrogens with zero attached hydrogens (tertiary/aromatic N) is 3. The van der Waals surface area contributed by atoms with E-state index in [0.29, 0.717) is 21.4 Å². The lowest BCUT2D eigenvalue weighted by Gasteiger charge is -2.23. The highest BCUT2D eigenvalue weighted by atomic mass is 35.5. The molecule has 0 radical (unpaired) electrons. The Balaban J connectivity index is 1.96. The van der Waals surface area contributed by atoms with E-state index >= 15 is 0 Å². The van der Waals surface area contributed by atoms with Gasteiger partial charge in [0, 0.05) is 6.20 Å². The molecule has 0 aliphatic heterocycles. The van der Waals surface area contributed by atoms with Gasteiger partial charge >= 0.3 is 0 Å². The number of imidazole rings is 1. The van der Waals surface area contributed by atoms with Gasteiger partial charge in [-0.15, -0.1) is 0 Å². The number of anilines is 1. The summed E-state index contributed by atoms with van der Waals surface area (Å²) in [5.74, 6) is -0.361. The van der Waals surface area contributed by atoms with Crippen LogP contribution in [0.1, 0.15) is 16.1 Å². The van der Waals surface area contributed by atoms with Crippen LogP contribution in [0.25, 0.3) is 5.65 Å². The molecular formula is C18H19Cl2N4O+. The number of carbonyl (C=O) groups excluding carboxylic acids is 1. The first kappa shape index (κ1) is 17.7. The predicted molar refractivity (Wildman–Crippen MR) is 101 cm³/mol. The first-order chi connectivity index (χ1) is 11.8. The van der Waals surface area contributed by atoms with Gasteiger partial charge in [-0.05, 0) is 24.3 Å². The van der Waals surface area contributed by atoms with E-state index in [2.05, 4.69) is 31.4 Å². The molecule has 0 saturated heterocycles. The van der Waals surface area contributed by atoms with Gasteiger partial charge in [0.05, 0.1) is 54.3 Å². The van der Waals surface area contributed by atoms with Crippen LogP contribution in [0, 0.1) is 0 Å². The number of fused-ring (bicyclic) bond motifs is 1. The molecule has 0 aliphatic carbocycles. The molecule has 1 N–H and O–H groups in total. The van der Waals surface area contributed by atoms with E-state index in [0.717, 1.165) is 16.7 Å². The maximum atomic E-state index is 12.6. The van der Waals surface area contributed by atoms with Gasteiger partial charge in [-0.3, -0.25) is 9.20 Å². The lowest BCUT2D eigenvalue weighted by atomic mass is 10.2. The second-order valence-corrected chi connectivity index (χ2v) is 7.68. The van der Waals surface area contributed by atoms with E-state index in [1.807, 2.05) is 22.9 Å². The first-order valence-electron chi connectivity index (χ1n) is 7.77. The normalized spacial score (nSPS) is 11.7. The zero-order valence-corrected chi connectivity index (χ0v) is 15.8. The van der Waals surface area contributed by atoms with Crippen LogP contribution in [-0.2, 0) is 6.54 Å². The fourth-order valence-corrected chi connectivity index (χ4v) is 3.23. The van der Waals surface area contributed by atoms with Crippen LogP contribution in [0.4, 0.5) is 5.69 Å². The van der Waals surface area contributed by atoms with Gasteiger partial charge in [0.2, 0.25) is 0 Å². The fraction of sp³-hybridized carbons (Fsp3) is 0.222. The van der Waals surface area contributed by atoms with Crippen molar-refractivity contribution < 1.29 is 9.28 Å². The van der Waals surface area contributed by atoms with Crippen LogP contribution in [0.3, 0.4) is 0 Å². The summed E-state index contributed by atoms with van der Waals surface area (Å²) in [6, 6.07) is 8.65. The second-order valence-electron chi connectivity index (χ2n) is 6.86. The quantitative estimate of drug-likeness (QED) is 0.695. The highest BCUT2D eigenvalue weighted by Crippen LogP contribution is 2.26. The summed E-state index contributed by atoms with van der Waals surface area (Å²) in [5, 5.41) is 3.49. The zero-order chi connectivity index (χ0) is 18.2. The Morgan fingerprint density at radius 1 is 1.16 bits per heavy atom. The Morgan fingerprint density at radius 3 is 2.48 bits per heavy atom. The Bertz CT molecular complexity index is 924. The average molecular weight is 378 g/mol. The minimum Gasteiger partial charge on any atom is -0.326 e. The van der Waals surface area contributed by atoms with Crippen LogP contribution >= 0.6 is 23.2 Å². The van der Waals surface area contributed by atoms with Crippen molar-refractivity contribution in [3.63, 3.8) is 0 Å². The van der Waals surface area contributed by atoms with Crippen molar-refractivity contribution in [2.45, 2.75) is 6.54 Å². The Kier molecular flexibility index (Phi) is 4.73. The van der Waals surface area contributed by atoms with Crippen molar-refractivity contribution >= 4 is 40.4 Å². The van der Waals surface area contributed by atoms with Crippen LogP contribution in [-0.4, -0.2) is 40.9 Å². The molecule has 7 heteroatoms. The maximum absolute atomic E-state index is 12.6. The van der Waals surface area contributed by atoms with Crippen molar-refractivity contribution in [2.24, 2.45) is 0 Å². The molecule has 0 saturated carbocycles. The molecule has 3 aromatic rings. The predicted octanol–water partition coefficient (Wildman–Crippen LogP) is 4.10. The number of carbonyl (C=O) groups is 1. The molecule has 1 amide bonds. The average Bonchev–Trinajstić information content (AvgIpc) is 2.89. The molecule has 0 bridgehead atoms. The molecule has 0 aliphatic rings. The van der Waals surface area contributed by atoms with Gasteiger partial charge < -0.3 is 9.80 Å². The molecule has 25 heavy (non-hydrogen) atoms. The standard InChI is InChI=1S/C18H18Cl2N4O/c1-24(2,3)11-12-10-21-17-15(8-5-9-23(12)17)22-18(25)16-13(19)6-4-7-14(16)20/h4-10H,11H2,1-3H3/p+1. The summed E-state index contributed by atoms with van der Waals surface area (Å²) in [5.41, 5.74) is 2.61. The minimum atomic E-state index is -0.361. The van der Waals surface area contributed by atoms with Crippen LogP contribution in [0.2, 0.25) is 10.0 Å². The van der Waals surface area contributed by atoms with E-state index in [1.165, 1.54) is 0 Å². The Morgan fingerprint density at radius 2 is 1.84 bits per heavy atom. The fourth-order valence-electron chi connectivity index (χ4n) is 2.66. The molecule has 0 atom stereocenters. The Hall–Kier alpha value is -2.08. The number of benzene rings is 1. The van der Waals surface area contributed by atoms with Gasteiger partial charge in [0.1, 0.15) is 6.54 Å². The second kappa shape index (κ2) is 6.67. The summed E-state index contributed by atoms with van der Waals surface area (Å²) in [4.78, 5) is 17.1. The molecule has 2 heterocycles. The maximum Gasteiger partial charge on any atom is 0.258 e. The monoisotopic (exact) mass is 377 g/mol. The number of hydrogen-bond acceptors (Lipinski definition) is 2. The van der Waals surface area contributed by atoms with Crippen molar-refractivity contribution in [3.05, 3.63) is 64.0 Å². The third-order valence-electron chi connectivity index (χ3n) is 3.69. The van der Waals surface area contributed by atoms with Crippen LogP contribution < -0.4 is 5.32 Å². The van der Waals surface area contributed by atoms with Crippen molar-refractivity contribution in [3.8, 4) is 0 Å². The molecule has 0 fully saturated rings. The van der Waals surface area contributed by atoms with E-state index in [9.17, 15) is 4.79 Å². The van der Waals surface area contributed by atoms with E-state index in [4.69, 9.17) is 23.2 Å². The van der Waals surface area contributed by atoms with E-state index in [-0.39, 0.29) is 11.5 Å². The van der Waals surface area contributed by atoms with Crippen molar-refractivity contribution in [2.75, 3.05) is 26.5 Å². The van der Waals surface area contributed by atoms with Crippen LogP contribution in [0.5, 0.6) is 0 Å². The lowest BCUT2D eigenvalue weighted by Crippen LogP contribution is -2.33. The number of pyridine rings is 1. The molecule has 5 nitrogen and oxygen atoms in total. The van der Waals surface area contributed by atoms with E-state index in [1.54, 1.807) is 24.3 Å². The molecule has 0 unspecified atom stereocenters. The first-order valence-corrected chi connectivity index (χ1v) is 8.52. The van der Waals surface area contributed by atoms with Crippen molar-refractivity contribution in [1.82, 2.24) is 9.38 Å². The summed E-state index contributed by atoms with van der Waals surface area (Å²) in [6.45, 7) is 0.814. The SMILES string of the molecule is C[N+](C)(C)Cc1cnc2c(NC(=O)c3c(Cl)cccc3Cl)cccn12. The Labute approximate surface area is 156 Å². The molecular weight excluding hydrogens is 359 g/mol. The number of hydrogen-bond donors (Lipinski definition) is 1. The highest BCUT2D eigenvalue weighted by molar-refractivity contribution is 6.40. The minimum absolute atomic E-state index is 0.256. The highest BCUT2D eigenvalue weighted by Gasteiger charge is 2.18. The molecule has 0 spiro atoms. The largest absolute Gasteiger partial charge is 0.326 e. The molecule has 2 aromatic heterocycles. The van der Waals surface area contributed by atoms with Crippen molar-refractivity contribution in [1.29, 1.82) is 0 Å². The molecule has 130 valence electrons. The summed E-state index contributed by atoms with van der Waals surface area (Å²) in [6.07, 6.45) is 3.77. The molecule has 3 rings (SSSR count). The number of halogens is 2. The third-order valence-corrected chi connectivity index (χ3v) is 4.32. The smallest absolute Gasteiger partial charge is 0.258 e. The van der Waals surface area contributed by atoms with E-state index < -0.39 is 0 Å². The van der Waals surface area contributed by atoms with Gasteiger partial charge in [-0.1, -0.05) is 29.3 Å². The number of amides is 1. The topological polar surface area (TPSA) is 46.4 Å². The van der Waals surface area contributed by atoms with Gasteiger partial charge in [-0.25, -0.2) is 4.98 Å². The van der Waals surface area contributed by atoms with Gasteiger partial charge in [-0.2, -0.15) is 0 Å². The van der Waals surface area contributed by atoms with Crippen LogP contribution in [0.15, 0.2) is 42.7 Å². The summed E-state index contributed by atoms with van der Waals surface area (Å²) >= 11 is 12.2. The number of rotatable bonds is 4. The summed E-state index contributed by atoms with van der Waals surface area (Å²) in [7, 11) is 6.35. The number of aromatic nitrogens is 2. The zero-order valence-electron chi connectivity index (χ0n) is 14.3. The van der Waals surface area contributed by atoms with Gasteiger partial charge in [0.15, 0.2) is 5.65 Å². The summed E-state index contributed by atoms with van der Waals surface area (Å²) < 4.78 is 2.76.